The van der Waals surface area contributed by atoms with Crippen LogP contribution in [0.1, 0.15) is 58.3 Å². The summed E-state index contributed by atoms with van der Waals surface area (Å²) in [5.41, 5.74) is 1.36. The SMILES string of the molecule is C/C(=C\CCOC1CCCCO1)CCOC1CCCCO1. The molecule has 4 nitrogen and oxygen atoms in total. The highest BCUT2D eigenvalue weighted by atomic mass is 16.7. The molecule has 0 aromatic rings. The maximum atomic E-state index is 5.74. The van der Waals surface area contributed by atoms with Crippen LogP contribution in [0.4, 0.5) is 0 Å². The Labute approximate surface area is 128 Å². The minimum atomic E-state index is 0.0262. The van der Waals surface area contributed by atoms with Crippen LogP contribution in [0.25, 0.3) is 0 Å². The van der Waals surface area contributed by atoms with Gasteiger partial charge in [0.15, 0.2) is 12.6 Å². The molecule has 2 fully saturated rings. The first kappa shape index (κ1) is 16.9. The highest BCUT2D eigenvalue weighted by Crippen LogP contribution is 2.15. The first-order chi connectivity index (χ1) is 10.3. The van der Waals surface area contributed by atoms with Crippen LogP contribution in [-0.2, 0) is 18.9 Å². The van der Waals surface area contributed by atoms with Gasteiger partial charge in [0.05, 0.1) is 13.2 Å². The van der Waals surface area contributed by atoms with E-state index in [1.54, 1.807) is 0 Å². The Bertz CT molecular complexity index is 291. The van der Waals surface area contributed by atoms with E-state index in [2.05, 4.69) is 13.0 Å². The van der Waals surface area contributed by atoms with Gasteiger partial charge < -0.3 is 18.9 Å². The van der Waals surface area contributed by atoms with Crippen molar-refractivity contribution in [3.8, 4) is 0 Å². The van der Waals surface area contributed by atoms with E-state index in [-0.39, 0.29) is 12.6 Å². The topological polar surface area (TPSA) is 36.9 Å². The molecule has 2 saturated heterocycles. The second-order valence-corrected chi connectivity index (χ2v) is 5.92. The van der Waals surface area contributed by atoms with E-state index in [0.717, 1.165) is 52.1 Å². The van der Waals surface area contributed by atoms with Crippen molar-refractivity contribution in [3.63, 3.8) is 0 Å². The molecule has 2 aliphatic rings. The highest BCUT2D eigenvalue weighted by molar-refractivity contribution is 4.97. The quantitative estimate of drug-likeness (QED) is 0.504. The summed E-state index contributed by atoms with van der Waals surface area (Å²) in [5, 5.41) is 0. The molecule has 0 radical (unpaired) electrons. The molecule has 0 aromatic heterocycles. The van der Waals surface area contributed by atoms with Crippen molar-refractivity contribution in [2.24, 2.45) is 0 Å². The van der Waals surface area contributed by atoms with Crippen LogP contribution in [-0.4, -0.2) is 39.0 Å². The molecular formula is C17H30O4. The first-order valence-electron chi connectivity index (χ1n) is 8.46. The number of ether oxygens (including phenoxy) is 4. The van der Waals surface area contributed by atoms with Crippen molar-refractivity contribution in [1.29, 1.82) is 0 Å². The molecular weight excluding hydrogens is 268 g/mol. The molecule has 21 heavy (non-hydrogen) atoms. The summed E-state index contributed by atoms with van der Waals surface area (Å²) in [6.07, 6.45) is 11.1. The molecule has 0 N–H and O–H groups in total. The zero-order chi connectivity index (χ0) is 14.8. The third-order valence-electron chi connectivity index (χ3n) is 3.99. The summed E-state index contributed by atoms with van der Waals surface area (Å²) in [4.78, 5) is 0. The molecule has 0 bridgehead atoms. The Morgan fingerprint density at radius 2 is 1.57 bits per heavy atom. The van der Waals surface area contributed by atoms with Gasteiger partial charge in [-0.2, -0.15) is 0 Å². The van der Waals surface area contributed by atoms with Crippen molar-refractivity contribution in [2.75, 3.05) is 26.4 Å². The third kappa shape index (κ3) is 7.41. The normalized spacial score (nSPS) is 27.8. The number of hydrogen-bond acceptors (Lipinski definition) is 4. The average molecular weight is 298 g/mol. The molecule has 0 spiro atoms. The lowest BCUT2D eigenvalue weighted by atomic mass is 10.2. The number of hydrogen-bond donors (Lipinski definition) is 0. The third-order valence-corrected chi connectivity index (χ3v) is 3.99. The maximum Gasteiger partial charge on any atom is 0.157 e. The van der Waals surface area contributed by atoms with E-state index in [1.807, 2.05) is 0 Å². The largest absolute Gasteiger partial charge is 0.353 e. The predicted molar refractivity (Wildman–Crippen MR) is 82.1 cm³/mol. The molecule has 4 heteroatoms. The lowest BCUT2D eigenvalue weighted by molar-refractivity contribution is -0.162. The molecule has 0 aliphatic carbocycles. The summed E-state index contributed by atoms with van der Waals surface area (Å²) in [7, 11) is 0. The van der Waals surface area contributed by atoms with Gasteiger partial charge in [-0.1, -0.05) is 11.6 Å². The lowest BCUT2D eigenvalue weighted by Crippen LogP contribution is -2.22. The van der Waals surface area contributed by atoms with Crippen LogP contribution >= 0.6 is 0 Å². The van der Waals surface area contributed by atoms with Gasteiger partial charge in [0.2, 0.25) is 0 Å². The van der Waals surface area contributed by atoms with Crippen molar-refractivity contribution in [2.45, 2.75) is 70.9 Å². The molecule has 2 rings (SSSR count). The summed E-state index contributed by atoms with van der Waals surface area (Å²) in [5.74, 6) is 0. The van der Waals surface area contributed by atoms with Gasteiger partial charge in [0, 0.05) is 13.2 Å². The molecule has 0 saturated carbocycles. The van der Waals surface area contributed by atoms with Gasteiger partial charge in [-0.3, -0.25) is 0 Å². The van der Waals surface area contributed by atoms with E-state index in [1.165, 1.54) is 31.3 Å². The molecule has 122 valence electrons. The monoisotopic (exact) mass is 298 g/mol. The molecule has 2 heterocycles. The van der Waals surface area contributed by atoms with E-state index in [0.29, 0.717) is 0 Å². The van der Waals surface area contributed by atoms with Crippen LogP contribution in [0, 0.1) is 0 Å². The van der Waals surface area contributed by atoms with Crippen molar-refractivity contribution >= 4 is 0 Å². The van der Waals surface area contributed by atoms with Crippen molar-refractivity contribution in [1.82, 2.24) is 0 Å². The van der Waals surface area contributed by atoms with Crippen molar-refractivity contribution < 1.29 is 18.9 Å². The van der Waals surface area contributed by atoms with Crippen LogP contribution in [0.3, 0.4) is 0 Å². The predicted octanol–water partition coefficient (Wildman–Crippen LogP) is 3.80. The van der Waals surface area contributed by atoms with E-state index in [9.17, 15) is 0 Å². The fourth-order valence-electron chi connectivity index (χ4n) is 2.64. The Morgan fingerprint density at radius 1 is 0.952 bits per heavy atom. The Kier molecular flexibility index (Phi) is 8.33. The smallest absolute Gasteiger partial charge is 0.157 e. The van der Waals surface area contributed by atoms with Gasteiger partial charge in [-0.25, -0.2) is 0 Å². The van der Waals surface area contributed by atoms with Gasteiger partial charge in [0.25, 0.3) is 0 Å². The lowest BCUT2D eigenvalue weighted by Gasteiger charge is -2.23. The zero-order valence-electron chi connectivity index (χ0n) is 13.4. The second-order valence-electron chi connectivity index (χ2n) is 5.92. The molecule has 0 aromatic carbocycles. The minimum Gasteiger partial charge on any atom is -0.353 e. The summed E-state index contributed by atoms with van der Waals surface area (Å²) >= 11 is 0. The molecule has 2 unspecified atom stereocenters. The van der Waals surface area contributed by atoms with Crippen LogP contribution in [0.5, 0.6) is 0 Å². The van der Waals surface area contributed by atoms with Crippen molar-refractivity contribution in [3.05, 3.63) is 11.6 Å². The van der Waals surface area contributed by atoms with Crippen LogP contribution < -0.4 is 0 Å². The fraction of sp³-hybridized carbons (Fsp3) is 0.882. The molecule has 0 amide bonds. The van der Waals surface area contributed by atoms with Gasteiger partial charge >= 0.3 is 0 Å². The zero-order valence-corrected chi connectivity index (χ0v) is 13.4. The minimum absolute atomic E-state index is 0.0262. The van der Waals surface area contributed by atoms with Crippen LogP contribution in [0.15, 0.2) is 11.6 Å². The van der Waals surface area contributed by atoms with Gasteiger partial charge in [-0.05, 0) is 58.3 Å². The Hall–Kier alpha value is -0.420. The summed E-state index contributed by atoms with van der Waals surface area (Å²) in [6, 6.07) is 0. The standard InChI is InChI=1S/C17H30O4/c1-15(10-14-21-17-9-3-5-12-19-17)7-6-13-20-16-8-2-4-11-18-16/h7,16-17H,2-6,8-14H2,1H3/b15-7+. The average Bonchev–Trinajstić information content (AvgIpc) is 2.54. The maximum absolute atomic E-state index is 5.74. The summed E-state index contributed by atoms with van der Waals surface area (Å²) < 4.78 is 22.5. The van der Waals surface area contributed by atoms with Gasteiger partial charge in [-0.15, -0.1) is 0 Å². The highest BCUT2D eigenvalue weighted by Gasteiger charge is 2.14. The van der Waals surface area contributed by atoms with E-state index >= 15 is 0 Å². The molecule has 2 atom stereocenters. The second kappa shape index (κ2) is 10.3. The van der Waals surface area contributed by atoms with Gasteiger partial charge in [0.1, 0.15) is 0 Å². The Balaban J connectivity index is 1.48. The molecule has 2 aliphatic heterocycles. The Morgan fingerprint density at radius 3 is 2.14 bits per heavy atom. The summed E-state index contributed by atoms with van der Waals surface area (Å²) in [6.45, 7) is 5.34. The number of rotatable bonds is 8. The first-order valence-corrected chi connectivity index (χ1v) is 8.46. The van der Waals surface area contributed by atoms with Crippen LogP contribution in [0.2, 0.25) is 0 Å². The fourth-order valence-corrected chi connectivity index (χ4v) is 2.64. The van der Waals surface area contributed by atoms with E-state index in [4.69, 9.17) is 18.9 Å². The van der Waals surface area contributed by atoms with E-state index < -0.39 is 0 Å².